The molecule has 0 aliphatic carbocycles. The first kappa shape index (κ1) is 22.8. The van der Waals surface area contributed by atoms with Crippen molar-refractivity contribution in [3.63, 3.8) is 0 Å². The molecule has 3 N–H and O–H groups in total. The molecular formula is C22H28N4O4S. The van der Waals surface area contributed by atoms with Crippen LogP contribution in [0.1, 0.15) is 37.0 Å². The molecule has 1 aliphatic heterocycles. The number of para-hydroxylation sites is 1. The first-order valence-corrected chi connectivity index (χ1v) is 11.8. The zero-order valence-corrected chi connectivity index (χ0v) is 18.5. The van der Waals surface area contributed by atoms with Crippen molar-refractivity contribution < 1.29 is 18.0 Å². The van der Waals surface area contributed by atoms with Crippen LogP contribution in [-0.4, -0.2) is 50.4 Å². The summed E-state index contributed by atoms with van der Waals surface area (Å²) >= 11 is 0. The Morgan fingerprint density at radius 1 is 0.968 bits per heavy atom. The molecule has 1 aliphatic rings. The van der Waals surface area contributed by atoms with Crippen LogP contribution in [0.4, 0.5) is 10.5 Å². The lowest BCUT2D eigenvalue weighted by molar-refractivity contribution is 0.0919. The minimum absolute atomic E-state index is 0.0423. The standard InChI is InChI=1S/C22H28N4O4S/c1-16(2)25-31(29,30)20-10-8-17(9-11-20)21(27)23-19-12-14-26(15-13-19)22(28)24-18-6-4-3-5-7-18/h3-11,16,19,25H,12-15H2,1-2H3,(H,23,27)(H,24,28). The third-order valence-electron chi connectivity index (χ3n) is 4.96. The summed E-state index contributed by atoms with van der Waals surface area (Å²) in [4.78, 5) is 26.8. The molecule has 9 heteroatoms. The summed E-state index contributed by atoms with van der Waals surface area (Å²) in [6.07, 6.45) is 1.30. The average Bonchev–Trinajstić information content (AvgIpc) is 2.74. The van der Waals surface area contributed by atoms with Crippen molar-refractivity contribution >= 4 is 27.6 Å². The molecule has 2 aromatic carbocycles. The zero-order valence-electron chi connectivity index (χ0n) is 17.7. The van der Waals surface area contributed by atoms with Gasteiger partial charge in [0, 0.05) is 36.4 Å². The van der Waals surface area contributed by atoms with Gasteiger partial charge in [0.25, 0.3) is 5.91 Å². The fourth-order valence-electron chi connectivity index (χ4n) is 3.38. The van der Waals surface area contributed by atoms with Crippen molar-refractivity contribution in [3.8, 4) is 0 Å². The molecule has 8 nitrogen and oxygen atoms in total. The molecule has 31 heavy (non-hydrogen) atoms. The minimum Gasteiger partial charge on any atom is -0.349 e. The quantitative estimate of drug-likeness (QED) is 0.637. The molecule has 0 aromatic heterocycles. The topological polar surface area (TPSA) is 108 Å². The van der Waals surface area contributed by atoms with Crippen LogP contribution in [0.3, 0.4) is 0 Å². The number of carbonyl (C=O) groups excluding carboxylic acids is 2. The summed E-state index contributed by atoms with van der Waals surface area (Å²) in [5.41, 5.74) is 1.14. The maximum absolute atomic E-state index is 12.5. The van der Waals surface area contributed by atoms with Crippen molar-refractivity contribution in [2.75, 3.05) is 18.4 Å². The molecule has 3 rings (SSSR count). The highest BCUT2D eigenvalue weighted by atomic mass is 32.2. The predicted octanol–water partition coefficient (Wildman–Crippen LogP) is 2.80. The van der Waals surface area contributed by atoms with Gasteiger partial charge < -0.3 is 15.5 Å². The Balaban J connectivity index is 1.50. The van der Waals surface area contributed by atoms with Crippen LogP contribution < -0.4 is 15.4 Å². The molecule has 0 saturated carbocycles. The first-order valence-electron chi connectivity index (χ1n) is 10.3. The second-order valence-electron chi connectivity index (χ2n) is 7.83. The van der Waals surface area contributed by atoms with Crippen LogP contribution in [0.25, 0.3) is 0 Å². The lowest BCUT2D eigenvalue weighted by Crippen LogP contribution is -2.47. The number of nitrogens with one attached hydrogen (secondary N) is 3. The number of piperidine rings is 1. The summed E-state index contributed by atoms with van der Waals surface area (Å²) < 4.78 is 26.9. The fourth-order valence-corrected chi connectivity index (χ4v) is 4.63. The van der Waals surface area contributed by atoms with Gasteiger partial charge in [-0.2, -0.15) is 0 Å². The Labute approximate surface area is 183 Å². The lowest BCUT2D eigenvalue weighted by Gasteiger charge is -2.32. The largest absolute Gasteiger partial charge is 0.349 e. The molecule has 0 atom stereocenters. The smallest absolute Gasteiger partial charge is 0.321 e. The maximum Gasteiger partial charge on any atom is 0.321 e. The van der Waals surface area contributed by atoms with E-state index in [1.807, 2.05) is 30.3 Å². The molecule has 1 saturated heterocycles. The summed E-state index contributed by atoms with van der Waals surface area (Å²) in [6, 6.07) is 14.7. The number of urea groups is 1. The summed E-state index contributed by atoms with van der Waals surface area (Å²) in [7, 11) is -3.59. The monoisotopic (exact) mass is 444 g/mol. The van der Waals surface area contributed by atoms with E-state index >= 15 is 0 Å². The summed E-state index contributed by atoms with van der Waals surface area (Å²) in [5.74, 6) is -0.257. The Hall–Kier alpha value is -2.91. The minimum atomic E-state index is -3.59. The SMILES string of the molecule is CC(C)NS(=O)(=O)c1ccc(C(=O)NC2CCN(C(=O)Nc3ccccc3)CC2)cc1. The molecule has 166 valence electrons. The number of nitrogens with zero attached hydrogens (tertiary/aromatic N) is 1. The lowest BCUT2D eigenvalue weighted by atomic mass is 10.0. The average molecular weight is 445 g/mol. The second kappa shape index (κ2) is 9.93. The highest BCUT2D eigenvalue weighted by Gasteiger charge is 2.24. The predicted molar refractivity (Wildman–Crippen MR) is 119 cm³/mol. The van der Waals surface area contributed by atoms with Crippen LogP contribution in [0, 0.1) is 0 Å². The molecule has 3 amide bonds. The molecule has 1 fully saturated rings. The van der Waals surface area contributed by atoms with Crippen LogP contribution in [-0.2, 0) is 10.0 Å². The van der Waals surface area contributed by atoms with E-state index in [1.54, 1.807) is 18.7 Å². The van der Waals surface area contributed by atoms with Crippen molar-refractivity contribution in [2.24, 2.45) is 0 Å². The van der Waals surface area contributed by atoms with Gasteiger partial charge in [-0.05, 0) is 63.1 Å². The molecular weight excluding hydrogens is 416 g/mol. The highest BCUT2D eigenvalue weighted by Crippen LogP contribution is 2.15. The maximum atomic E-state index is 12.5. The van der Waals surface area contributed by atoms with Crippen LogP contribution in [0.2, 0.25) is 0 Å². The fraction of sp³-hybridized carbons (Fsp3) is 0.364. The van der Waals surface area contributed by atoms with Crippen molar-refractivity contribution in [1.82, 2.24) is 14.9 Å². The van der Waals surface area contributed by atoms with Gasteiger partial charge in [-0.15, -0.1) is 0 Å². The number of likely N-dealkylation sites (tertiary alicyclic amines) is 1. The van der Waals surface area contributed by atoms with Crippen LogP contribution in [0.5, 0.6) is 0 Å². The van der Waals surface area contributed by atoms with E-state index in [9.17, 15) is 18.0 Å². The van der Waals surface area contributed by atoms with Gasteiger partial charge in [-0.3, -0.25) is 4.79 Å². The zero-order chi connectivity index (χ0) is 22.4. The highest BCUT2D eigenvalue weighted by molar-refractivity contribution is 7.89. The van der Waals surface area contributed by atoms with Gasteiger partial charge in [0.05, 0.1) is 4.90 Å². The van der Waals surface area contributed by atoms with Gasteiger partial charge >= 0.3 is 6.03 Å². The third kappa shape index (κ3) is 6.28. The first-order chi connectivity index (χ1) is 14.7. The molecule has 0 spiro atoms. The van der Waals surface area contributed by atoms with Crippen LogP contribution >= 0.6 is 0 Å². The summed E-state index contributed by atoms with van der Waals surface area (Å²) in [6.45, 7) is 4.58. The van der Waals surface area contributed by atoms with Gasteiger partial charge in [0.1, 0.15) is 0 Å². The van der Waals surface area contributed by atoms with Gasteiger partial charge in [0.2, 0.25) is 10.0 Å². The number of benzene rings is 2. The Bertz CT molecular complexity index is 1000. The molecule has 0 bridgehead atoms. The van der Waals surface area contributed by atoms with Gasteiger partial charge in [-0.25, -0.2) is 17.9 Å². The normalized spacial score (nSPS) is 15.0. The molecule has 2 aromatic rings. The number of amides is 3. The van der Waals surface area contributed by atoms with E-state index in [-0.39, 0.29) is 28.9 Å². The van der Waals surface area contributed by atoms with E-state index in [0.29, 0.717) is 31.5 Å². The van der Waals surface area contributed by atoms with E-state index in [2.05, 4.69) is 15.4 Å². The molecule has 1 heterocycles. The number of hydrogen-bond acceptors (Lipinski definition) is 4. The number of hydrogen-bond donors (Lipinski definition) is 3. The van der Waals surface area contributed by atoms with E-state index in [4.69, 9.17) is 0 Å². The van der Waals surface area contributed by atoms with E-state index in [1.165, 1.54) is 24.3 Å². The Morgan fingerprint density at radius 2 is 1.58 bits per heavy atom. The second-order valence-corrected chi connectivity index (χ2v) is 9.55. The Kier molecular flexibility index (Phi) is 7.29. The third-order valence-corrected chi connectivity index (χ3v) is 6.63. The van der Waals surface area contributed by atoms with Crippen molar-refractivity contribution in [2.45, 2.75) is 43.7 Å². The molecule has 0 unspecified atom stereocenters. The van der Waals surface area contributed by atoms with Gasteiger partial charge in [0.15, 0.2) is 0 Å². The van der Waals surface area contributed by atoms with E-state index in [0.717, 1.165) is 5.69 Å². The van der Waals surface area contributed by atoms with Gasteiger partial charge in [-0.1, -0.05) is 18.2 Å². The summed E-state index contributed by atoms with van der Waals surface area (Å²) in [5, 5.41) is 5.84. The number of rotatable bonds is 6. The van der Waals surface area contributed by atoms with Crippen molar-refractivity contribution in [3.05, 3.63) is 60.2 Å². The molecule has 0 radical (unpaired) electrons. The number of sulfonamides is 1. The van der Waals surface area contributed by atoms with E-state index < -0.39 is 10.0 Å². The van der Waals surface area contributed by atoms with Crippen molar-refractivity contribution in [1.29, 1.82) is 0 Å². The Morgan fingerprint density at radius 3 is 2.16 bits per heavy atom. The number of anilines is 1. The van der Waals surface area contributed by atoms with Crippen LogP contribution in [0.15, 0.2) is 59.5 Å². The number of carbonyl (C=O) groups is 2.